The molecule has 12 heavy (non-hydrogen) atoms. The van der Waals surface area contributed by atoms with E-state index in [1.165, 1.54) is 0 Å². The van der Waals surface area contributed by atoms with Crippen LogP contribution >= 0.6 is 0 Å². The van der Waals surface area contributed by atoms with E-state index in [-0.39, 0.29) is 39.1 Å². The molecule has 0 aliphatic carbocycles. The molecule has 0 atom stereocenters. The van der Waals surface area contributed by atoms with Crippen molar-refractivity contribution in [3.05, 3.63) is 0 Å². The summed E-state index contributed by atoms with van der Waals surface area (Å²) in [4.78, 5) is 0. The molecule has 0 aromatic carbocycles. The summed E-state index contributed by atoms with van der Waals surface area (Å²) in [5, 5.41) is 0. The quantitative estimate of drug-likeness (QED) is 0.280. The van der Waals surface area contributed by atoms with E-state index < -0.39 is 20.8 Å². The average Bonchev–Trinajstić information content (AvgIpc) is 1.12. The van der Waals surface area contributed by atoms with Gasteiger partial charge in [0, 0.05) is 21.7 Å². The van der Waals surface area contributed by atoms with Crippen molar-refractivity contribution in [2.75, 3.05) is 0 Å². The topological polar surface area (TPSA) is 149 Å². The predicted molar refractivity (Wildman–Crippen MR) is 38.3 cm³/mol. The third-order valence-electron chi connectivity index (χ3n) is 0. The molecule has 0 aromatic rings. The Balaban J connectivity index is -0.0000000457. The van der Waals surface area contributed by atoms with E-state index in [2.05, 4.69) is 0 Å². The van der Waals surface area contributed by atoms with E-state index in [0.29, 0.717) is 0 Å². The summed E-state index contributed by atoms with van der Waals surface area (Å²) >= 11 is 0. The molecule has 0 unspecified atom stereocenters. The maximum absolute atomic E-state index is 8.74. The maximum Gasteiger partial charge on any atom is 0.394 e. The fourth-order valence-corrected chi connectivity index (χ4v) is 0. The standard InChI is InChI=1S/Al.2H2O4S.Ti.3H/c;2*1-5(2,3)4;;;;/h;2*(H2,1,2,3,4);;;;. The molecule has 0 rings (SSSR count). The van der Waals surface area contributed by atoms with Crippen LogP contribution in [0.25, 0.3) is 0 Å². The normalized spacial score (nSPS) is 9.67. The molecule has 0 fully saturated rings. The minimum absolute atomic E-state index is 0. The summed E-state index contributed by atoms with van der Waals surface area (Å²) in [5.41, 5.74) is 0. The number of rotatable bonds is 0. The minimum atomic E-state index is -4.67. The summed E-state index contributed by atoms with van der Waals surface area (Å²) in [6.45, 7) is 0. The van der Waals surface area contributed by atoms with E-state index in [1.807, 2.05) is 0 Å². The largest absolute Gasteiger partial charge is 0.394 e. The third kappa shape index (κ3) is 1130. The Bertz CT molecular complexity index is 213. The van der Waals surface area contributed by atoms with E-state index in [4.69, 9.17) is 35.0 Å². The molecule has 8 nitrogen and oxygen atoms in total. The molecule has 0 bridgehead atoms. The van der Waals surface area contributed by atoms with E-state index in [0.717, 1.165) is 0 Å². The molecule has 0 aliphatic heterocycles. The van der Waals surface area contributed by atoms with Crippen molar-refractivity contribution in [3.63, 3.8) is 0 Å². The predicted octanol–water partition coefficient (Wildman–Crippen LogP) is -2.49. The minimum Gasteiger partial charge on any atom is -0.264 e. The molecule has 0 heterocycles. The SMILES string of the molecule is O=S(=O)(O)O.O=S(=O)(O)O.[AlH3].[Ti]. The van der Waals surface area contributed by atoms with Gasteiger partial charge >= 0.3 is 20.8 Å². The van der Waals surface area contributed by atoms with Gasteiger partial charge in [0.1, 0.15) is 0 Å². The fourth-order valence-electron chi connectivity index (χ4n) is 0. The third-order valence-corrected chi connectivity index (χ3v) is 0. The second-order valence-corrected chi connectivity index (χ2v) is 2.69. The molecule has 0 aliphatic rings. The van der Waals surface area contributed by atoms with E-state index >= 15 is 0 Å². The molecule has 4 N–H and O–H groups in total. The molecule has 0 amide bonds. The van der Waals surface area contributed by atoms with Gasteiger partial charge in [-0.2, -0.15) is 16.8 Å². The van der Waals surface area contributed by atoms with Gasteiger partial charge in [0.25, 0.3) is 0 Å². The zero-order chi connectivity index (χ0) is 9.00. The van der Waals surface area contributed by atoms with Crippen molar-refractivity contribution in [1.82, 2.24) is 0 Å². The maximum atomic E-state index is 8.74. The first-order valence-electron chi connectivity index (χ1n) is 1.40. The second-order valence-electron chi connectivity index (χ2n) is 0.896. The van der Waals surface area contributed by atoms with Crippen LogP contribution in [0.15, 0.2) is 0 Å². The van der Waals surface area contributed by atoms with Crippen molar-refractivity contribution in [2.24, 2.45) is 0 Å². The molecule has 0 saturated heterocycles. The van der Waals surface area contributed by atoms with Crippen LogP contribution in [0.5, 0.6) is 0 Å². The monoisotopic (exact) mass is 274 g/mol. The summed E-state index contributed by atoms with van der Waals surface area (Å²) < 4.78 is 63.2. The summed E-state index contributed by atoms with van der Waals surface area (Å²) in [7, 11) is -9.33. The van der Waals surface area contributed by atoms with Crippen LogP contribution < -0.4 is 0 Å². The zero-order valence-corrected chi connectivity index (χ0v) is 7.93. The molecular weight excluding hydrogens is 267 g/mol. The van der Waals surface area contributed by atoms with Crippen LogP contribution in [0, 0.1) is 0 Å². The van der Waals surface area contributed by atoms with Crippen LogP contribution in [0.2, 0.25) is 0 Å². The zero-order valence-electron chi connectivity index (χ0n) is 4.74. The van der Waals surface area contributed by atoms with Crippen molar-refractivity contribution in [3.8, 4) is 0 Å². The first kappa shape index (κ1) is 23.1. The van der Waals surface area contributed by atoms with Crippen molar-refractivity contribution < 1.29 is 56.8 Å². The molecule has 0 saturated carbocycles. The molecule has 74 valence electrons. The Hall–Kier alpha value is 0.987. The smallest absolute Gasteiger partial charge is 0.264 e. The summed E-state index contributed by atoms with van der Waals surface area (Å²) in [6.07, 6.45) is 0. The van der Waals surface area contributed by atoms with Gasteiger partial charge in [-0.25, -0.2) is 0 Å². The Labute approximate surface area is 94.5 Å². The van der Waals surface area contributed by atoms with Gasteiger partial charge in [-0.05, 0) is 0 Å². The van der Waals surface area contributed by atoms with Crippen molar-refractivity contribution in [1.29, 1.82) is 0 Å². The van der Waals surface area contributed by atoms with Crippen LogP contribution in [-0.2, 0) is 42.5 Å². The molecule has 0 radical (unpaired) electrons. The Morgan fingerprint density at radius 3 is 0.667 bits per heavy atom. The number of hydrogen-bond acceptors (Lipinski definition) is 4. The van der Waals surface area contributed by atoms with Crippen molar-refractivity contribution in [2.45, 2.75) is 0 Å². The van der Waals surface area contributed by atoms with Crippen LogP contribution in [0.1, 0.15) is 0 Å². The van der Waals surface area contributed by atoms with Gasteiger partial charge in [0.15, 0.2) is 17.4 Å². The van der Waals surface area contributed by atoms with E-state index in [1.54, 1.807) is 0 Å². The molecule has 0 spiro atoms. The van der Waals surface area contributed by atoms with Gasteiger partial charge in [0.2, 0.25) is 0 Å². The Kier molecular flexibility index (Phi) is 16.5. The average molecular weight is 274 g/mol. The second kappa shape index (κ2) is 8.58. The first-order chi connectivity index (χ1) is 4.00. The van der Waals surface area contributed by atoms with Gasteiger partial charge in [-0.3, -0.25) is 18.2 Å². The summed E-state index contributed by atoms with van der Waals surface area (Å²) in [6, 6.07) is 0. The molecule has 0 aromatic heterocycles. The first-order valence-corrected chi connectivity index (χ1v) is 4.19. The Morgan fingerprint density at radius 1 is 0.667 bits per heavy atom. The fraction of sp³-hybridized carbons (Fsp3) is 0. The van der Waals surface area contributed by atoms with Gasteiger partial charge in [0.05, 0.1) is 0 Å². The number of hydrogen-bond donors (Lipinski definition) is 4. The van der Waals surface area contributed by atoms with Crippen molar-refractivity contribution >= 4 is 38.2 Å². The van der Waals surface area contributed by atoms with Gasteiger partial charge in [-0.1, -0.05) is 0 Å². The van der Waals surface area contributed by atoms with Crippen LogP contribution in [0.4, 0.5) is 0 Å². The van der Waals surface area contributed by atoms with Gasteiger partial charge < -0.3 is 0 Å². The van der Waals surface area contributed by atoms with Crippen LogP contribution in [0.3, 0.4) is 0 Å². The van der Waals surface area contributed by atoms with Gasteiger partial charge in [-0.15, -0.1) is 0 Å². The Morgan fingerprint density at radius 2 is 0.667 bits per heavy atom. The van der Waals surface area contributed by atoms with Crippen LogP contribution in [-0.4, -0.2) is 52.4 Å². The summed E-state index contributed by atoms with van der Waals surface area (Å²) in [5.74, 6) is 0. The molecular formula is H7AlO8S2Ti. The van der Waals surface area contributed by atoms with E-state index in [9.17, 15) is 0 Å². The molecule has 12 heteroatoms.